The molecule has 0 amide bonds. The van der Waals surface area contributed by atoms with Crippen LogP contribution in [0, 0.1) is 11.6 Å². The number of anilines is 1. The number of hydrogen-bond acceptors (Lipinski definition) is 3. The first-order valence-electron chi connectivity index (χ1n) is 9.03. The van der Waals surface area contributed by atoms with Crippen molar-refractivity contribution >= 4 is 23.1 Å². The molecule has 0 aliphatic carbocycles. The average Bonchev–Trinajstić information content (AvgIpc) is 2.61. The number of likely N-dealkylation sites (tertiary alicyclic amines) is 1. The molecule has 0 radical (unpaired) electrons. The Hall–Kier alpha value is -1.98. The van der Waals surface area contributed by atoms with Crippen LogP contribution in [-0.4, -0.2) is 43.9 Å². The highest BCUT2D eigenvalue weighted by molar-refractivity contribution is 6.34. The van der Waals surface area contributed by atoms with E-state index in [1.165, 1.54) is 30.3 Å². The number of piperidine rings is 1. The van der Waals surface area contributed by atoms with Gasteiger partial charge in [-0.15, -0.1) is 0 Å². The number of ketones is 1. The van der Waals surface area contributed by atoms with E-state index in [9.17, 15) is 13.6 Å². The van der Waals surface area contributed by atoms with Crippen LogP contribution < -0.4 is 4.90 Å². The van der Waals surface area contributed by atoms with Crippen LogP contribution in [0.5, 0.6) is 0 Å². The smallest absolute Gasteiger partial charge is 0.171 e. The van der Waals surface area contributed by atoms with Crippen LogP contribution in [0.15, 0.2) is 36.4 Å². The monoisotopic (exact) mass is 392 g/mol. The van der Waals surface area contributed by atoms with Crippen molar-refractivity contribution in [2.45, 2.75) is 25.3 Å². The standard InChI is InChI=1S/C21H23ClF2N2O/c1-25-8-6-16(7-9-25)26(2)17-11-14(10-15(23)13-17)12-20(27)21-18(22)4-3-5-19(21)24/h3-5,10-11,13,16H,6-9,12H2,1-2H3. The van der Waals surface area contributed by atoms with Gasteiger partial charge in [0.15, 0.2) is 5.78 Å². The molecule has 1 fully saturated rings. The molecule has 27 heavy (non-hydrogen) atoms. The average molecular weight is 393 g/mol. The molecule has 2 aromatic carbocycles. The van der Waals surface area contributed by atoms with Crippen molar-refractivity contribution in [2.75, 3.05) is 32.1 Å². The highest BCUT2D eigenvalue weighted by Crippen LogP contribution is 2.26. The molecule has 1 saturated heterocycles. The zero-order chi connectivity index (χ0) is 19.6. The van der Waals surface area contributed by atoms with Gasteiger partial charge in [-0.25, -0.2) is 8.78 Å². The Kier molecular flexibility index (Phi) is 6.12. The molecular formula is C21H23ClF2N2O. The summed E-state index contributed by atoms with van der Waals surface area (Å²) >= 11 is 5.97. The fraction of sp³-hybridized carbons (Fsp3) is 0.381. The van der Waals surface area contributed by atoms with E-state index in [0.717, 1.165) is 31.6 Å². The van der Waals surface area contributed by atoms with Crippen molar-refractivity contribution in [1.82, 2.24) is 4.90 Å². The second-order valence-electron chi connectivity index (χ2n) is 7.16. The molecule has 0 atom stereocenters. The van der Waals surface area contributed by atoms with Gasteiger partial charge in [0.2, 0.25) is 0 Å². The zero-order valence-electron chi connectivity index (χ0n) is 15.5. The molecule has 0 aromatic heterocycles. The molecule has 0 N–H and O–H groups in total. The lowest BCUT2D eigenvalue weighted by molar-refractivity contribution is 0.0989. The molecule has 2 aromatic rings. The minimum absolute atomic E-state index is 0.0695. The van der Waals surface area contributed by atoms with Crippen LogP contribution >= 0.6 is 11.6 Å². The SMILES string of the molecule is CN1CCC(N(C)c2cc(F)cc(CC(=O)c3c(F)cccc3Cl)c2)CC1. The topological polar surface area (TPSA) is 23.6 Å². The van der Waals surface area contributed by atoms with Crippen molar-refractivity contribution in [1.29, 1.82) is 0 Å². The van der Waals surface area contributed by atoms with Crippen LogP contribution in [-0.2, 0) is 6.42 Å². The number of rotatable bonds is 5. The van der Waals surface area contributed by atoms with Crippen LogP contribution in [0.4, 0.5) is 14.5 Å². The van der Waals surface area contributed by atoms with Crippen molar-refractivity contribution in [3.63, 3.8) is 0 Å². The summed E-state index contributed by atoms with van der Waals surface area (Å²) in [5.41, 5.74) is 1.09. The minimum atomic E-state index is -0.660. The van der Waals surface area contributed by atoms with E-state index in [-0.39, 0.29) is 17.0 Å². The quantitative estimate of drug-likeness (QED) is 0.696. The summed E-state index contributed by atoms with van der Waals surface area (Å²) in [6.07, 6.45) is 1.90. The molecule has 144 valence electrons. The summed E-state index contributed by atoms with van der Waals surface area (Å²) in [4.78, 5) is 16.9. The normalized spacial score (nSPS) is 15.7. The van der Waals surface area contributed by atoms with E-state index < -0.39 is 17.4 Å². The van der Waals surface area contributed by atoms with E-state index in [1.54, 1.807) is 6.07 Å². The van der Waals surface area contributed by atoms with Crippen LogP contribution in [0.3, 0.4) is 0 Å². The van der Waals surface area contributed by atoms with Crippen LogP contribution in [0.1, 0.15) is 28.8 Å². The summed E-state index contributed by atoms with van der Waals surface area (Å²) in [5, 5.41) is 0.0695. The Balaban J connectivity index is 1.80. The Morgan fingerprint density at radius 1 is 1.22 bits per heavy atom. The summed E-state index contributed by atoms with van der Waals surface area (Å²) in [7, 11) is 4.04. The Morgan fingerprint density at radius 3 is 2.59 bits per heavy atom. The van der Waals surface area contributed by atoms with E-state index in [4.69, 9.17) is 11.6 Å². The first kappa shape index (κ1) is 19.8. The van der Waals surface area contributed by atoms with Crippen molar-refractivity contribution in [3.8, 4) is 0 Å². The number of hydrogen-bond donors (Lipinski definition) is 0. The maximum absolute atomic E-state index is 14.2. The number of nitrogens with zero attached hydrogens (tertiary/aromatic N) is 2. The van der Waals surface area contributed by atoms with E-state index in [1.807, 2.05) is 7.05 Å². The van der Waals surface area contributed by atoms with Gasteiger partial charge in [-0.05, 0) is 68.9 Å². The van der Waals surface area contributed by atoms with Gasteiger partial charge in [-0.3, -0.25) is 4.79 Å². The fourth-order valence-corrected chi connectivity index (χ4v) is 3.84. The maximum atomic E-state index is 14.2. The summed E-state index contributed by atoms with van der Waals surface area (Å²) in [6, 6.07) is 9.04. The van der Waals surface area contributed by atoms with Gasteiger partial charge < -0.3 is 9.80 Å². The number of Topliss-reactive ketones (excluding diaryl/α,β-unsaturated/α-hetero) is 1. The van der Waals surface area contributed by atoms with Gasteiger partial charge in [0.25, 0.3) is 0 Å². The maximum Gasteiger partial charge on any atom is 0.171 e. The lowest BCUT2D eigenvalue weighted by Crippen LogP contribution is -2.42. The van der Waals surface area contributed by atoms with Crippen LogP contribution in [0.25, 0.3) is 0 Å². The summed E-state index contributed by atoms with van der Waals surface area (Å²) in [5.74, 6) is -1.53. The lowest BCUT2D eigenvalue weighted by atomic mass is 10.00. The molecule has 1 heterocycles. The van der Waals surface area contributed by atoms with E-state index in [0.29, 0.717) is 11.6 Å². The number of carbonyl (C=O) groups excluding carboxylic acids is 1. The second-order valence-corrected chi connectivity index (χ2v) is 7.57. The Morgan fingerprint density at radius 2 is 1.93 bits per heavy atom. The van der Waals surface area contributed by atoms with Crippen molar-refractivity contribution < 1.29 is 13.6 Å². The molecular weight excluding hydrogens is 370 g/mol. The molecule has 0 unspecified atom stereocenters. The minimum Gasteiger partial charge on any atom is -0.371 e. The highest BCUT2D eigenvalue weighted by atomic mass is 35.5. The third-order valence-corrected chi connectivity index (χ3v) is 5.51. The van der Waals surface area contributed by atoms with Crippen molar-refractivity contribution in [3.05, 3.63) is 64.2 Å². The summed E-state index contributed by atoms with van der Waals surface area (Å²) in [6.45, 7) is 2.00. The molecule has 0 saturated carbocycles. The van der Waals surface area contributed by atoms with Gasteiger partial charge in [0.1, 0.15) is 11.6 Å². The van der Waals surface area contributed by atoms with E-state index in [2.05, 4.69) is 16.8 Å². The van der Waals surface area contributed by atoms with Gasteiger partial charge in [-0.1, -0.05) is 17.7 Å². The first-order chi connectivity index (χ1) is 12.8. The molecule has 1 aliphatic rings. The number of carbonyl (C=O) groups is 1. The zero-order valence-corrected chi connectivity index (χ0v) is 16.3. The third kappa shape index (κ3) is 4.66. The second kappa shape index (κ2) is 8.36. The predicted octanol–water partition coefficient (Wildman–Crippen LogP) is 4.57. The molecule has 3 rings (SSSR count). The molecule has 1 aliphatic heterocycles. The first-order valence-corrected chi connectivity index (χ1v) is 9.41. The Bertz CT molecular complexity index is 815. The van der Waals surface area contributed by atoms with Gasteiger partial charge in [-0.2, -0.15) is 0 Å². The highest BCUT2D eigenvalue weighted by Gasteiger charge is 2.22. The largest absolute Gasteiger partial charge is 0.371 e. The molecule has 0 spiro atoms. The lowest BCUT2D eigenvalue weighted by Gasteiger charge is -2.36. The van der Waals surface area contributed by atoms with Gasteiger partial charge >= 0.3 is 0 Å². The summed E-state index contributed by atoms with van der Waals surface area (Å²) < 4.78 is 28.2. The fourth-order valence-electron chi connectivity index (χ4n) is 3.57. The van der Waals surface area contributed by atoms with Gasteiger partial charge in [0.05, 0.1) is 10.6 Å². The molecule has 0 bridgehead atoms. The predicted molar refractivity (Wildman–Crippen MR) is 105 cm³/mol. The van der Waals surface area contributed by atoms with Gasteiger partial charge in [0, 0.05) is 25.2 Å². The van der Waals surface area contributed by atoms with Crippen LogP contribution in [0.2, 0.25) is 5.02 Å². The number of benzene rings is 2. The molecule has 3 nitrogen and oxygen atoms in total. The molecule has 6 heteroatoms. The van der Waals surface area contributed by atoms with E-state index >= 15 is 0 Å². The third-order valence-electron chi connectivity index (χ3n) is 5.19. The van der Waals surface area contributed by atoms with Crippen molar-refractivity contribution in [2.24, 2.45) is 0 Å². The Labute approximate surface area is 163 Å². The number of halogens is 3.